The third-order valence-electron chi connectivity index (χ3n) is 2.92. The van der Waals surface area contributed by atoms with Gasteiger partial charge in [0.15, 0.2) is 0 Å². The van der Waals surface area contributed by atoms with E-state index in [1.807, 2.05) is 12.1 Å². The first-order chi connectivity index (χ1) is 10.2. The van der Waals surface area contributed by atoms with Crippen LogP contribution in [0.25, 0.3) is 0 Å². The topological polar surface area (TPSA) is 75.6 Å². The summed E-state index contributed by atoms with van der Waals surface area (Å²) in [5.41, 5.74) is 0.332. The average molecular weight is 328 g/mol. The molecular formula is C16H22ClNO4. The zero-order valence-corrected chi connectivity index (χ0v) is 13.8. The highest BCUT2D eigenvalue weighted by Crippen LogP contribution is 2.24. The van der Waals surface area contributed by atoms with E-state index in [1.54, 1.807) is 32.9 Å². The normalized spacial score (nSPS) is 12.5. The van der Waals surface area contributed by atoms with E-state index >= 15 is 0 Å². The number of halogens is 1. The Kier molecular flexibility index (Phi) is 6.68. The Morgan fingerprint density at radius 3 is 2.36 bits per heavy atom. The first kappa shape index (κ1) is 18.3. The molecule has 1 aromatic carbocycles. The molecule has 0 heterocycles. The van der Waals surface area contributed by atoms with Crippen molar-refractivity contribution >= 4 is 23.7 Å². The van der Waals surface area contributed by atoms with Gasteiger partial charge in [0.2, 0.25) is 0 Å². The Bertz CT molecular complexity index is 508. The molecule has 1 aromatic rings. The Morgan fingerprint density at radius 1 is 1.27 bits per heavy atom. The zero-order valence-electron chi connectivity index (χ0n) is 13.1. The van der Waals surface area contributed by atoms with Gasteiger partial charge in [0, 0.05) is 11.6 Å². The number of hydrogen-bond donors (Lipinski definition) is 2. The second-order valence-electron chi connectivity index (χ2n) is 6.06. The summed E-state index contributed by atoms with van der Waals surface area (Å²) in [6.07, 6.45) is 0.00262. The van der Waals surface area contributed by atoms with Crippen molar-refractivity contribution in [3.05, 3.63) is 34.9 Å². The lowest BCUT2D eigenvalue weighted by Gasteiger charge is -2.20. The third-order valence-corrected chi connectivity index (χ3v) is 3.18. The highest BCUT2D eigenvalue weighted by atomic mass is 35.5. The van der Waals surface area contributed by atoms with E-state index in [1.165, 1.54) is 0 Å². The fourth-order valence-electron chi connectivity index (χ4n) is 1.99. The summed E-state index contributed by atoms with van der Waals surface area (Å²) in [7, 11) is 0. The Hall–Kier alpha value is -1.75. The molecule has 5 nitrogen and oxygen atoms in total. The molecule has 0 aliphatic heterocycles. The van der Waals surface area contributed by atoms with E-state index in [9.17, 15) is 9.59 Å². The summed E-state index contributed by atoms with van der Waals surface area (Å²) in [6.45, 7) is 5.70. The maximum absolute atomic E-state index is 11.6. The van der Waals surface area contributed by atoms with Gasteiger partial charge < -0.3 is 15.2 Å². The molecule has 0 saturated heterocycles. The van der Waals surface area contributed by atoms with Crippen LogP contribution in [0.15, 0.2) is 24.3 Å². The number of carbonyl (C=O) groups excluding carboxylic acids is 1. The number of alkyl carbamates (subject to hydrolysis) is 1. The SMILES string of the molecule is CC(C)(C)OC(=O)NCC[C@H](CC(=O)O)c1ccc(Cl)cc1. The van der Waals surface area contributed by atoms with Gasteiger partial charge in [-0.25, -0.2) is 4.79 Å². The van der Waals surface area contributed by atoms with E-state index in [0.29, 0.717) is 18.0 Å². The summed E-state index contributed by atoms with van der Waals surface area (Å²) in [5.74, 6) is -1.07. The molecular weight excluding hydrogens is 306 g/mol. The minimum Gasteiger partial charge on any atom is -0.481 e. The van der Waals surface area contributed by atoms with Gasteiger partial charge in [0.1, 0.15) is 5.60 Å². The molecule has 0 aliphatic rings. The third kappa shape index (κ3) is 7.31. The maximum Gasteiger partial charge on any atom is 0.407 e. The van der Waals surface area contributed by atoms with Crippen LogP contribution in [0.4, 0.5) is 4.79 Å². The van der Waals surface area contributed by atoms with E-state index in [2.05, 4.69) is 5.32 Å². The van der Waals surface area contributed by atoms with Crippen molar-refractivity contribution in [1.82, 2.24) is 5.32 Å². The van der Waals surface area contributed by atoms with Gasteiger partial charge >= 0.3 is 12.1 Å². The molecule has 1 atom stereocenters. The van der Waals surface area contributed by atoms with Crippen LogP contribution in [0, 0.1) is 0 Å². The van der Waals surface area contributed by atoms with Crippen LogP contribution < -0.4 is 5.32 Å². The monoisotopic (exact) mass is 327 g/mol. The largest absolute Gasteiger partial charge is 0.481 e. The fraction of sp³-hybridized carbons (Fsp3) is 0.500. The minimum atomic E-state index is -0.878. The highest BCUT2D eigenvalue weighted by Gasteiger charge is 2.18. The van der Waals surface area contributed by atoms with Crippen molar-refractivity contribution in [1.29, 1.82) is 0 Å². The number of aliphatic carboxylic acids is 1. The zero-order chi connectivity index (χ0) is 16.8. The Balaban J connectivity index is 2.57. The molecule has 6 heteroatoms. The maximum atomic E-state index is 11.6. The molecule has 0 radical (unpaired) electrons. The smallest absolute Gasteiger partial charge is 0.407 e. The summed E-state index contributed by atoms with van der Waals surface area (Å²) in [6, 6.07) is 7.08. The number of nitrogens with one attached hydrogen (secondary N) is 1. The predicted octanol–water partition coefficient (Wildman–Crippen LogP) is 3.81. The molecule has 0 aliphatic carbocycles. The van der Waals surface area contributed by atoms with Crippen molar-refractivity contribution in [2.24, 2.45) is 0 Å². The molecule has 22 heavy (non-hydrogen) atoms. The van der Waals surface area contributed by atoms with Crippen molar-refractivity contribution < 1.29 is 19.4 Å². The summed E-state index contributed by atoms with van der Waals surface area (Å²) >= 11 is 5.84. The van der Waals surface area contributed by atoms with E-state index in [4.69, 9.17) is 21.4 Å². The second-order valence-corrected chi connectivity index (χ2v) is 6.50. The molecule has 0 bridgehead atoms. The number of ether oxygens (including phenoxy) is 1. The van der Waals surface area contributed by atoms with Gasteiger partial charge in [-0.2, -0.15) is 0 Å². The van der Waals surface area contributed by atoms with Gasteiger partial charge in [-0.3, -0.25) is 4.79 Å². The summed E-state index contributed by atoms with van der Waals surface area (Å²) in [4.78, 5) is 22.6. The van der Waals surface area contributed by atoms with E-state index in [-0.39, 0.29) is 12.3 Å². The molecule has 0 aromatic heterocycles. The van der Waals surface area contributed by atoms with Crippen LogP contribution in [-0.2, 0) is 9.53 Å². The average Bonchev–Trinajstić information content (AvgIpc) is 2.36. The predicted molar refractivity (Wildman–Crippen MR) is 85.3 cm³/mol. The highest BCUT2D eigenvalue weighted by molar-refractivity contribution is 6.30. The van der Waals surface area contributed by atoms with Crippen molar-refractivity contribution in [2.45, 2.75) is 45.1 Å². The number of benzene rings is 1. The molecule has 1 amide bonds. The van der Waals surface area contributed by atoms with Crippen LogP contribution in [-0.4, -0.2) is 29.3 Å². The standard InChI is InChI=1S/C16H22ClNO4/c1-16(2,3)22-15(21)18-9-8-12(10-14(19)20)11-4-6-13(17)7-5-11/h4-7,12H,8-10H2,1-3H3,(H,18,21)(H,19,20)/t12-/m1/s1. The number of rotatable bonds is 6. The van der Waals surface area contributed by atoms with Crippen molar-refractivity contribution in [3.63, 3.8) is 0 Å². The number of hydrogen-bond acceptors (Lipinski definition) is 3. The molecule has 0 saturated carbocycles. The van der Waals surface area contributed by atoms with Crippen molar-refractivity contribution in [3.8, 4) is 0 Å². The van der Waals surface area contributed by atoms with E-state index < -0.39 is 17.7 Å². The molecule has 1 rings (SSSR count). The van der Waals surface area contributed by atoms with Crippen molar-refractivity contribution in [2.75, 3.05) is 6.54 Å². The first-order valence-electron chi connectivity index (χ1n) is 7.11. The Labute approximate surface area is 135 Å². The molecule has 0 unspecified atom stereocenters. The van der Waals surface area contributed by atoms with Gasteiger partial charge in [-0.15, -0.1) is 0 Å². The van der Waals surface area contributed by atoms with Crippen LogP contribution in [0.3, 0.4) is 0 Å². The minimum absolute atomic E-state index is 0.00235. The van der Waals surface area contributed by atoms with Crippen LogP contribution in [0.2, 0.25) is 5.02 Å². The molecule has 122 valence electrons. The number of carboxylic acids is 1. The molecule has 0 spiro atoms. The molecule has 0 fully saturated rings. The van der Waals surface area contributed by atoms with Crippen LogP contribution >= 0.6 is 11.6 Å². The molecule has 2 N–H and O–H groups in total. The summed E-state index contributed by atoms with van der Waals surface area (Å²) in [5, 5.41) is 12.3. The van der Waals surface area contributed by atoms with Gasteiger partial charge in [-0.05, 0) is 50.8 Å². The van der Waals surface area contributed by atoms with Gasteiger partial charge in [-0.1, -0.05) is 23.7 Å². The summed E-state index contributed by atoms with van der Waals surface area (Å²) < 4.78 is 5.14. The number of amides is 1. The lowest BCUT2D eigenvalue weighted by Crippen LogP contribution is -2.33. The lowest BCUT2D eigenvalue weighted by atomic mass is 9.92. The quantitative estimate of drug-likeness (QED) is 0.833. The Morgan fingerprint density at radius 2 is 1.86 bits per heavy atom. The van der Waals surface area contributed by atoms with Gasteiger partial charge in [0.05, 0.1) is 6.42 Å². The second kappa shape index (κ2) is 8.03. The van der Waals surface area contributed by atoms with Crippen LogP contribution in [0.5, 0.6) is 0 Å². The fourth-order valence-corrected chi connectivity index (χ4v) is 2.12. The lowest BCUT2D eigenvalue weighted by molar-refractivity contribution is -0.137. The number of carboxylic acid groups (broad SMARTS) is 1. The van der Waals surface area contributed by atoms with Gasteiger partial charge in [0.25, 0.3) is 0 Å². The number of carbonyl (C=O) groups is 2. The van der Waals surface area contributed by atoms with Crippen LogP contribution in [0.1, 0.15) is 45.1 Å². The van der Waals surface area contributed by atoms with E-state index in [0.717, 1.165) is 5.56 Å². The first-order valence-corrected chi connectivity index (χ1v) is 7.49.